The minimum Gasteiger partial charge on any atom is -0.350 e. The van der Waals surface area contributed by atoms with Crippen molar-refractivity contribution in [3.05, 3.63) is 82.4 Å². The molecule has 2 heterocycles. The molecule has 4 aromatic rings. The second-order valence-corrected chi connectivity index (χ2v) is 7.52. The van der Waals surface area contributed by atoms with Gasteiger partial charge in [-0.1, -0.05) is 48.5 Å². The van der Waals surface area contributed by atoms with Gasteiger partial charge in [-0.05, 0) is 25.1 Å². The van der Waals surface area contributed by atoms with Gasteiger partial charge >= 0.3 is 0 Å². The highest BCUT2D eigenvalue weighted by atomic mass is 32.1. The van der Waals surface area contributed by atoms with Crippen LogP contribution in [0.25, 0.3) is 16.9 Å². The van der Waals surface area contributed by atoms with Crippen LogP contribution in [-0.4, -0.2) is 32.4 Å². The van der Waals surface area contributed by atoms with Crippen LogP contribution in [0.3, 0.4) is 0 Å². The molecule has 1 N–H and O–H groups in total. The standard InChI is InChI=1S/C21H19N5OS/c1-15-23-24-20(28-15)12-13-22-21(27)19-14-18(16-8-4-2-5-9-16)25-26(19)17-10-6-3-7-11-17/h2-11,14H,12-13H2,1H3,(H,22,27). The smallest absolute Gasteiger partial charge is 0.270 e. The molecule has 2 aromatic heterocycles. The van der Waals surface area contributed by atoms with Crippen LogP contribution in [0.4, 0.5) is 0 Å². The summed E-state index contributed by atoms with van der Waals surface area (Å²) in [6.45, 7) is 2.41. The van der Waals surface area contributed by atoms with Crippen molar-refractivity contribution in [2.75, 3.05) is 6.54 Å². The summed E-state index contributed by atoms with van der Waals surface area (Å²) in [7, 11) is 0. The third-order valence-electron chi connectivity index (χ3n) is 4.20. The molecule has 28 heavy (non-hydrogen) atoms. The van der Waals surface area contributed by atoms with E-state index in [0.717, 1.165) is 27.0 Å². The highest BCUT2D eigenvalue weighted by Crippen LogP contribution is 2.21. The molecule has 0 aliphatic carbocycles. The van der Waals surface area contributed by atoms with Gasteiger partial charge in [-0.25, -0.2) is 4.68 Å². The van der Waals surface area contributed by atoms with Crippen LogP contribution in [0.2, 0.25) is 0 Å². The monoisotopic (exact) mass is 389 g/mol. The van der Waals surface area contributed by atoms with E-state index in [1.54, 1.807) is 16.0 Å². The Hall–Kier alpha value is -3.32. The van der Waals surface area contributed by atoms with E-state index in [0.29, 0.717) is 18.7 Å². The lowest BCUT2D eigenvalue weighted by Gasteiger charge is -2.07. The van der Waals surface area contributed by atoms with Crippen LogP contribution in [0.1, 0.15) is 20.5 Å². The number of nitrogens with one attached hydrogen (secondary N) is 1. The third-order valence-corrected chi connectivity index (χ3v) is 5.10. The van der Waals surface area contributed by atoms with Crippen LogP contribution < -0.4 is 5.32 Å². The molecule has 0 radical (unpaired) electrons. The van der Waals surface area contributed by atoms with Crippen LogP contribution in [0, 0.1) is 6.92 Å². The number of carbonyl (C=O) groups excluding carboxylic acids is 1. The minimum absolute atomic E-state index is 0.167. The molecule has 0 aliphatic heterocycles. The first kappa shape index (κ1) is 18.1. The molecule has 2 aromatic carbocycles. The Balaban J connectivity index is 1.59. The van der Waals surface area contributed by atoms with E-state index < -0.39 is 0 Å². The van der Waals surface area contributed by atoms with E-state index in [1.165, 1.54) is 0 Å². The molecule has 7 heteroatoms. The average molecular weight is 389 g/mol. The minimum atomic E-state index is -0.167. The quantitative estimate of drug-likeness (QED) is 0.546. The van der Waals surface area contributed by atoms with Gasteiger partial charge in [0.1, 0.15) is 15.7 Å². The number of para-hydroxylation sites is 1. The number of nitrogens with zero attached hydrogens (tertiary/aromatic N) is 4. The Labute approximate surface area is 166 Å². The Morgan fingerprint density at radius 3 is 2.43 bits per heavy atom. The predicted molar refractivity (Wildman–Crippen MR) is 110 cm³/mol. The zero-order valence-electron chi connectivity index (χ0n) is 15.4. The van der Waals surface area contributed by atoms with E-state index in [2.05, 4.69) is 20.6 Å². The lowest BCUT2D eigenvalue weighted by atomic mass is 10.1. The number of hydrogen-bond donors (Lipinski definition) is 1. The average Bonchev–Trinajstić information content (AvgIpc) is 3.36. The van der Waals surface area contributed by atoms with Crippen molar-refractivity contribution in [1.82, 2.24) is 25.3 Å². The summed E-state index contributed by atoms with van der Waals surface area (Å²) in [5.74, 6) is -0.167. The Morgan fingerprint density at radius 2 is 1.75 bits per heavy atom. The van der Waals surface area contributed by atoms with Gasteiger partial charge in [-0.2, -0.15) is 5.10 Å². The Morgan fingerprint density at radius 1 is 1.04 bits per heavy atom. The second kappa shape index (κ2) is 8.14. The molecule has 0 spiro atoms. The second-order valence-electron chi connectivity index (χ2n) is 6.25. The molecule has 0 saturated heterocycles. The molecule has 140 valence electrons. The van der Waals surface area contributed by atoms with E-state index in [4.69, 9.17) is 0 Å². The summed E-state index contributed by atoms with van der Waals surface area (Å²) in [6, 6.07) is 21.3. The summed E-state index contributed by atoms with van der Waals surface area (Å²) in [5.41, 5.74) is 3.07. The van der Waals surface area contributed by atoms with E-state index in [-0.39, 0.29) is 5.91 Å². The summed E-state index contributed by atoms with van der Waals surface area (Å²) in [6.07, 6.45) is 0.655. The molecule has 0 fully saturated rings. The zero-order valence-corrected chi connectivity index (χ0v) is 16.2. The molecule has 0 unspecified atom stereocenters. The number of rotatable bonds is 6. The first-order valence-corrected chi connectivity index (χ1v) is 9.80. The molecule has 0 saturated carbocycles. The highest BCUT2D eigenvalue weighted by molar-refractivity contribution is 7.11. The van der Waals surface area contributed by atoms with Gasteiger partial charge < -0.3 is 5.32 Å². The van der Waals surface area contributed by atoms with Gasteiger partial charge in [-0.3, -0.25) is 4.79 Å². The SMILES string of the molecule is Cc1nnc(CCNC(=O)c2cc(-c3ccccc3)nn2-c2ccccc2)s1. The van der Waals surface area contributed by atoms with Gasteiger partial charge in [0.2, 0.25) is 0 Å². The normalized spacial score (nSPS) is 10.8. The summed E-state index contributed by atoms with van der Waals surface area (Å²) < 4.78 is 1.69. The highest BCUT2D eigenvalue weighted by Gasteiger charge is 2.17. The number of aromatic nitrogens is 4. The first-order chi connectivity index (χ1) is 13.7. The number of carbonyl (C=O) groups is 1. The summed E-state index contributed by atoms with van der Waals surface area (Å²) in [4.78, 5) is 12.9. The third kappa shape index (κ3) is 3.99. The number of hydrogen-bond acceptors (Lipinski definition) is 5. The van der Waals surface area contributed by atoms with Crippen LogP contribution in [0.5, 0.6) is 0 Å². The van der Waals surface area contributed by atoms with E-state index in [1.807, 2.05) is 73.7 Å². The van der Waals surface area contributed by atoms with E-state index >= 15 is 0 Å². The maximum atomic E-state index is 12.9. The van der Waals surface area contributed by atoms with Crippen LogP contribution in [-0.2, 0) is 6.42 Å². The fraction of sp³-hybridized carbons (Fsp3) is 0.143. The van der Waals surface area contributed by atoms with Crippen LogP contribution in [0.15, 0.2) is 66.7 Å². The number of benzene rings is 2. The maximum absolute atomic E-state index is 12.9. The van der Waals surface area contributed by atoms with Gasteiger partial charge in [0.05, 0.1) is 11.4 Å². The zero-order chi connectivity index (χ0) is 19.3. The van der Waals surface area contributed by atoms with Crippen molar-refractivity contribution >= 4 is 17.2 Å². The largest absolute Gasteiger partial charge is 0.350 e. The molecule has 1 amide bonds. The number of amides is 1. The molecular formula is C21H19N5OS. The fourth-order valence-electron chi connectivity index (χ4n) is 2.87. The molecule has 0 aliphatic rings. The Bertz CT molecular complexity index is 1070. The molecule has 0 bridgehead atoms. The van der Waals surface area contributed by atoms with Crippen molar-refractivity contribution in [3.63, 3.8) is 0 Å². The van der Waals surface area contributed by atoms with Crippen molar-refractivity contribution in [1.29, 1.82) is 0 Å². The fourth-order valence-corrected chi connectivity index (χ4v) is 3.58. The lowest BCUT2D eigenvalue weighted by molar-refractivity contribution is 0.0946. The topological polar surface area (TPSA) is 72.7 Å². The van der Waals surface area contributed by atoms with Crippen LogP contribution >= 0.6 is 11.3 Å². The van der Waals surface area contributed by atoms with Gasteiger partial charge in [0.25, 0.3) is 5.91 Å². The molecule has 0 atom stereocenters. The predicted octanol–water partition coefficient (Wildman–Crippen LogP) is 3.67. The molecular weight excluding hydrogens is 370 g/mol. The van der Waals surface area contributed by atoms with Gasteiger partial charge in [0, 0.05) is 18.5 Å². The summed E-state index contributed by atoms with van der Waals surface area (Å²) in [5, 5.41) is 17.6. The Kier molecular flexibility index (Phi) is 5.25. The van der Waals surface area contributed by atoms with Crippen molar-refractivity contribution in [2.45, 2.75) is 13.3 Å². The van der Waals surface area contributed by atoms with Crippen molar-refractivity contribution < 1.29 is 4.79 Å². The lowest BCUT2D eigenvalue weighted by Crippen LogP contribution is -2.27. The first-order valence-electron chi connectivity index (χ1n) is 8.99. The van der Waals surface area contributed by atoms with Crippen molar-refractivity contribution in [2.24, 2.45) is 0 Å². The van der Waals surface area contributed by atoms with E-state index in [9.17, 15) is 4.79 Å². The van der Waals surface area contributed by atoms with Gasteiger partial charge in [-0.15, -0.1) is 21.5 Å². The maximum Gasteiger partial charge on any atom is 0.270 e. The molecule has 4 rings (SSSR count). The summed E-state index contributed by atoms with van der Waals surface area (Å²) >= 11 is 1.55. The number of aryl methyl sites for hydroxylation is 1. The molecule has 6 nitrogen and oxygen atoms in total. The van der Waals surface area contributed by atoms with Gasteiger partial charge in [0.15, 0.2) is 0 Å². The van der Waals surface area contributed by atoms with Crippen molar-refractivity contribution in [3.8, 4) is 16.9 Å².